The molecule has 0 saturated heterocycles. The zero-order valence-corrected chi connectivity index (χ0v) is 8.50. The first-order chi connectivity index (χ1) is 3.42. The van der Waals surface area contributed by atoms with Crippen molar-refractivity contribution in [2.45, 2.75) is 0 Å². The molecule has 9 heavy (non-hydrogen) atoms. The van der Waals surface area contributed by atoms with Gasteiger partial charge in [0, 0.05) is 5.03 Å². The summed E-state index contributed by atoms with van der Waals surface area (Å²) in [6.07, 6.45) is 0. The zero-order valence-electron chi connectivity index (χ0n) is 4.93. The minimum absolute atomic E-state index is 0. The van der Waals surface area contributed by atoms with Gasteiger partial charge in [0.2, 0.25) is 0 Å². The molecule has 48 valence electrons. The van der Waals surface area contributed by atoms with Crippen LogP contribution < -0.4 is 29.6 Å². The van der Waals surface area contributed by atoms with E-state index in [0.29, 0.717) is 0 Å². The first kappa shape index (κ1) is 12.6. The normalized spacial score (nSPS) is 10.0. The minimum Gasteiger partial charge on any atom is -0.748 e. The molecule has 0 unspecified atom stereocenters. The van der Waals surface area contributed by atoms with Gasteiger partial charge >= 0.3 is 29.6 Å². The van der Waals surface area contributed by atoms with Crippen LogP contribution in [0.25, 0.3) is 0 Å². The second-order valence-electron chi connectivity index (χ2n) is 1.22. The van der Waals surface area contributed by atoms with Gasteiger partial charge in [0.15, 0.2) is 0 Å². The quantitative estimate of drug-likeness (QED) is 0.341. The molecule has 3 nitrogen and oxygen atoms in total. The molecule has 0 bridgehead atoms. The van der Waals surface area contributed by atoms with Crippen LogP contribution in [0.4, 0.5) is 0 Å². The Morgan fingerprint density at radius 2 is 2.00 bits per heavy atom. The topological polar surface area (TPSA) is 57.2 Å². The van der Waals surface area contributed by atoms with E-state index in [9.17, 15) is 13.0 Å². The van der Waals surface area contributed by atoms with Crippen molar-refractivity contribution in [2.24, 2.45) is 0 Å². The van der Waals surface area contributed by atoms with Crippen molar-refractivity contribution in [1.82, 2.24) is 0 Å². The fraction of sp³-hybridized carbons (Fsp3) is 0.333. The van der Waals surface area contributed by atoms with Crippen LogP contribution in [-0.2, 0) is 10.1 Å². The van der Waals surface area contributed by atoms with Gasteiger partial charge in [0.25, 0.3) is 0 Å². The Morgan fingerprint density at radius 1 is 1.67 bits per heavy atom. The van der Waals surface area contributed by atoms with Crippen LogP contribution in [0, 0.1) is 0 Å². The van der Waals surface area contributed by atoms with Crippen LogP contribution in [0.3, 0.4) is 0 Å². The van der Waals surface area contributed by atoms with Crippen LogP contribution in [0.2, 0.25) is 0 Å². The number of rotatable bonds is 2. The van der Waals surface area contributed by atoms with E-state index >= 15 is 0 Å². The van der Waals surface area contributed by atoms with Crippen LogP contribution in [0.5, 0.6) is 0 Å². The molecule has 0 aliphatic heterocycles. The van der Waals surface area contributed by atoms with E-state index in [0.717, 1.165) is 0 Å². The third kappa shape index (κ3) is 12.2. The summed E-state index contributed by atoms with van der Waals surface area (Å²) in [4.78, 5) is 0. The molecule has 0 atom stereocenters. The largest absolute Gasteiger partial charge is 1.00 e. The summed E-state index contributed by atoms with van der Waals surface area (Å²) in [5, 5.41) is -0.153. The van der Waals surface area contributed by atoms with E-state index in [1.54, 1.807) is 0 Å². The van der Waals surface area contributed by atoms with E-state index in [-0.39, 0.29) is 34.6 Å². The number of hydrogen-bond donors (Lipinski definition) is 0. The monoisotopic (exact) mass is 178 g/mol. The zero-order chi connectivity index (χ0) is 6.78. The first-order valence-electron chi connectivity index (χ1n) is 1.68. The maximum Gasteiger partial charge on any atom is 1.00 e. The summed E-state index contributed by atoms with van der Waals surface area (Å²) in [6, 6.07) is 0. The van der Waals surface area contributed by atoms with Crippen molar-refractivity contribution < 1.29 is 42.5 Å². The molecule has 0 rings (SSSR count). The molecule has 0 aromatic heterocycles. The molecular formula is C3H4ClNaO3S. The van der Waals surface area contributed by atoms with E-state index < -0.39 is 15.9 Å². The molecule has 6 heteroatoms. The summed E-state index contributed by atoms with van der Waals surface area (Å²) >= 11 is 4.99. The van der Waals surface area contributed by atoms with Crippen molar-refractivity contribution in [3.8, 4) is 0 Å². The Balaban J connectivity index is 0. The minimum atomic E-state index is -4.20. The predicted octanol–water partition coefficient (Wildman–Crippen LogP) is -2.71. The van der Waals surface area contributed by atoms with Gasteiger partial charge < -0.3 is 4.55 Å². The number of hydrogen-bond acceptors (Lipinski definition) is 3. The van der Waals surface area contributed by atoms with Crippen LogP contribution in [0.15, 0.2) is 11.6 Å². The molecule has 0 saturated carbocycles. The van der Waals surface area contributed by atoms with Crippen molar-refractivity contribution in [2.75, 3.05) is 5.75 Å². The molecular weight excluding hydrogens is 175 g/mol. The second kappa shape index (κ2) is 4.71. The standard InChI is InChI=1S/C3H5ClO3S.Na/c1-3(4)2-8(5,6)7;/h1-2H2,(H,5,6,7);/q;+1/p-1. The van der Waals surface area contributed by atoms with Crippen molar-refractivity contribution >= 4 is 21.7 Å². The molecule has 0 aliphatic rings. The maximum absolute atomic E-state index is 9.74. The molecule has 0 spiro atoms. The van der Waals surface area contributed by atoms with Crippen molar-refractivity contribution in [3.05, 3.63) is 11.6 Å². The molecule has 0 heterocycles. The molecule has 0 fully saturated rings. The van der Waals surface area contributed by atoms with Gasteiger partial charge in [-0.25, -0.2) is 8.42 Å². The Kier molecular flexibility index (Phi) is 6.59. The first-order valence-corrected chi connectivity index (χ1v) is 3.64. The van der Waals surface area contributed by atoms with Crippen molar-refractivity contribution in [1.29, 1.82) is 0 Å². The fourth-order valence-electron chi connectivity index (χ4n) is 0.192. The Morgan fingerprint density at radius 3 is 2.00 bits per heavy atom. The SMILES string of the molecule is C=C(Cl)CS(=O)(=O)[O-].[Na+]. The van der Waals surface area contributed by atoms with E-state index in [1.807, 2.05) is 0 Å². The van der Waals surface area contributed by atoms with Crippen LogP contribution in [-0.4, -0.2) is 18.7 Å². The Labute approximate surface area is 81.1 Å². The van der Waals surface area contributed by atoms with Gasteiger partial charge in [-0.2, -0.15) is 0 Å². The van der Waals surface area contributed by atoms with Gasteiger partial charge in [-0.1, -0.05) is 18.2 Å². The summed E-state index contributed by atoms with van der Waals surface area (Å²) < 4.78 is 29.2. The van der Waals surface area contributed by atoms with Crippen LogP contribution >= 0.6 is 11.6 Å². The molecule has 0 radical (unpaired) electrons. The summed E-state index contributed by atoms with van der Waals surface area (Å²) in [6.45, 7) is 3.03. The maximum atomic E-state index is 9.74. The smallest absolute Gasteiger partial charge is 0.748 e. The summed E-state index contributed by atoms with van der Waals surface area (Å²) in [7, 11) is -4.20. The van der Waals surface area contributed by atoms with E-state index in [4.69, 9.17) is 11.6 Å². The number of halogens is 1. The molecule has 0 aromatic carbocycles. The molecule has 0 aliphatic carbocycles. The third-order valence-corrected chi connectivity index (χ3v) is 1.33. The average molecular weight is 179 g/mol. The van der Waals surface area contributed by atoms with Gasteiger partial charge in [-0.15, -0.1) is 0 Å². The van der Waals surface area contributed by atoms with Crippen LogP contribution in [0.1, 0.15) is 0 Å². The summed E-state index contributed by atoms with van der Waals surface area (Å²) in [5.74, 6) is -0.686. The Bertz CT molecular complexity index is 185. The van der Waals surface area contributed by atoms with E-state index in [1.165, 1.54) is 0 Å². The third-order valence-electron chi connectivity index (χ3n) is 0.333. The molecule has 0 amide bonds. The molecule has 0 N–H and O–H groups in total. The van der Waals surface area contributed by atoms with Crippen molar-refractivity contribution in [3.63, 3.8) is 0 Å². The second-order valence-corrected chi connectivity index (χ2v) is 3.16. The van der Waals surface area contributed by atoms with E-state index in [2.05, 4.69) is 6.58 Å². The summed E-state index contributed by atoms with van der Waals surface area (Å²) in [5.41, 5.74) is 0. The average Bonchev–Trinajstić information content (AvgIpc) is 1.21. The van der Waals surface area contributed by atoms with Gasteiger partial charge in [-0.3, -0.25) is 0 Å². The predicted molar refractivity (Wildman–Crippen MR) is 29.6 cm³/mol. The van der Waals surface area contributed by atoms with Gasteiger partial charge in [0.05, 0.1) is 15.9 Å². The Hall–Kier alpha value is 0.940. The fourth-order valence-corrected chi connectivity index (χ4v) is 0.976. The van der Waals surface area contributed by atoms with Gasteiger partial charge in [0.1, 0.15) is 0 Å². The molecule has 0 aromatic rings. The van der Waals surface area contributed by atoms with Gasteiger partial charge in [-0.05, 0) is 0 Å².